The first kappa shape index (κ1) is 30.7. The van der Waals surface area contributed by atoms with Crippen molar-refractivity contribution in [2.45, 2.75) is 65.0 Å². The van der Waals surface area contributed by atoms with Gasteiger partial charge in [-0.25, -0.2) is 13.6 Å². The Morgan fingerprint density at radius 2 is 1.68 bits per heavy atom. The van der Waals surface area contributed by atoms with Crippen LogP contribution >= 0.6 is 0 Å². The zero-order chi connectivity index (χ0) is 28.4. The minimum Gasteiger partial charge on any atom is -0.466 e. The van der Waals surface area contributed by atoms with Gasteiger partial charge < -0.3 is 25.4 Å². The van der Waals surface area contributed by atoms with Crippen LogP contribution in [0.2, 0.25) is 0 Å². The first-order valence-electron chi connectivity index (χ1n) is 12.6. The van der Waals surface area contributed by atoms with Gasteiger partial charge in [-0.15, -0.1) is 0 Å². The van der Waals surface area contributed by atoms with Gasteiger partial charge in [-0.2, -0.15) is 0 Å². The summed E-state index contributed by atoms with van der Waals surface area (Å²) >= 11 is 0. The molecule has 1 saturated carbocycles. The van der Waals surface area contributed by atoms with Gasteiger partial charge in [0.25, 0.3) is 0 Å². The van der Waals surface area contributed by atoms with Gasteiger partial charge in [-0.3, -0.25) is 19.2 Å². The molecular formula is C26H35F2N3O7. The van der Waals surface area contributed by atoms with Crippen LogP contribution < -0.4 is 16.0 Å². The number of benzene rings is 1. The summed E-state index contributed by atoms with van der Waals surface area (Å²) in [6.07, 6.45) is 0.282. The molecule has 12 heteroatoms. The van der Waals surface area contributed by atoms with Gasteiger partial charge in [0.15, 0.2) is 11.6 Å². The van der Waals surface area contributed by atoms with Crippen LogP contribution in [0.1, 0.15) is 58.4 Å². The normalized spacial score (nSPS) is 17.7. The van der Waals surface area contributed by atoms with Crippen LogP contribution in [0.3, 0.4) is 0 Å². The van der Waals surface area contributed by atoms with Crippen molar-refractivity contribution >= 4 is 29.7 Å². The lowest BCUT2D eigenvalue weighted by Crippen LogP contribution is -2.55. The molecule has 0 spiro atoms. The van der Waals surface area contributed by atoms with Gasteiger partial charge >= 0.3 is 11.9 Å². The van der Waals surface area contributed by atoms with Crippen molar-refractivity contribution in [3.05, 3.63) is 35.4 Å². The van der Waals surface area contributed by atoms with Crippen molar-refractivity contribution in [2.24, 2.45) is 11.8 Å². The van der Waals surface area contributed by atoms with E-state index in [1.54, 1.807) is 27.7 Å². The van der Waals surface area contributed by atoms with E-state index in [0.29, 0.717) is 12.0 Å². The molecular weight excluding hydrogens is 504 g/mol. The van der Waals surface area contributed by atoms with E-state index in [1.165, 1.54) is 6.07 Å². The van der Waals surface area contributed by atoms with Gasteiger partial charge in [-0.05, 0) is 56.2 Å². The number of hydrogen-bond donors (Lipinski definition) is 3. The lowest BCUT2D eigenvalue weighted by molar-refractivity contribution is -0.149. The maximum absolute atomic E-state index is 13.5. The third-order valence-corrected chi connectivity index (χ3v) is 6.02. The van der Waals surface area contributed by atoms with E-state index in [1.807, 2.05) is 0 Å². The summed E-state index contributed by atoms with van der Waals surface area (Å²) in [5, 5.41) is 7.58. The standard InChI is InChI=1S/C26H35F2N3O7/c1-5-37-22(33)10-9-20(26(36)38-6-2)30-25(35)23(14(3)4)31-21(32)13-29-24(34)17-12-16(17)15-7-8-18(27)19(28)11-15/h7-8,11,14,16-17,20,23H,5-6,9-10,12-13H2,1-4H3,(H,29,34)(H,30,35)(H,31,32)/t16?,17?,20-,23+/m1/s1. The van der Waals surface area contributed by atoms with E-state index < -0.39 is 65.8 Å². The van der Waals surface area contributed by atoms with Crippen LogP contribution in [0.15, 0.2) is 18.2 Å². The molecule has 1 fully saturated rings. The summed E-state index contributed by atoms with van der Waals surface area (Å²) in [5.41, 5.74) is 0.504. The number of halogens is 2. The minimum atomic E-state index is -1.12. The fourth-order valence-electron chi connectivity index (χ4n) is 3.90. The maximum Gasteiger partial charge on any atom is 0.328 e. The van der Waals surface area contributed by atoms with Crippen molar-refractivity contribution in [2.75, 3.05) is 19.8 Å². The molecule has 2 rings (SSSR count). The molecule has 3 amide bonds. The largest absolute Gasteiger partial charge is 0.466 e. The van der Waals surface area contributed by atoms with Gasteiger partial charge in [0, 0.05) is 12.3 Å². The van der Waals surface area contributed by atoms with E-state index in [9.17, 15) is 32.8 Å². The Bertz CT molecular complexity index is 1030. The topological polar surface area (TPSA) is 140 Å². The van der Waals surface area contributed by atoms with E-state index >= 15 is 0 Å². The van der Waals surface area contributed by atoms with Crippen molar-refractivity contribution in [3.63, 3.8) is 0 Å². The lowest BCUT2D eigenvalue weighted by Gasteiger charge is -2.25. The Labute approximate surface area is 220 Å². The van der Waals surface area contributed by atoms with E-state index in [-0.39, 0.29) is 37.9 Å². The van der Waals surface area contributed by atoms with Crippen LogP contribution in [-0.4, -0.2) is 61.5 Å². The number of hydrogen-bond acceptors (Lipinski definition) is 7. The number of ether oxygens (including phenoxy) is 2. The maximum atomic E-state index is 13.5. The number of nitrogens with one attached hydrogen (secondary N) is 3. The molecule has 0 radical (unpaired) electrons. The van der Waals surface area contributed by atoms with E-state index in [0.717, 1.165) is 12.1 Å². The molecule has 10 nitrogen and oxygen atoms in total. The number of rotatable bonds is 14. The number of esters is 2. The van der Waals surface area contributed by atoms with Gasteiger partial charge in [0.05, 0.1) is 19.8 Å². The average molecular weight is 540 g/mol. The van der Waals surface area contributed by atoms with Crippen LogP contribution in [0.4, 0.5) is 8.78 Å². The fraction of sp³-hybridized carbons (Fsp3) is 0.577. The summed E-state index contributed by atoms with van der Waals surface area (Å²) in [5.74, 6) is -6.00. The quantitative estimate of drug-likeness (QED) is 0.306. The average Bonchev–Trinajstić information content (AvgIpc) is 3.66. The molecule has 0 aromatic heterocycles. The predicted molar refractivity (Wildman–Crippen MR) is 131 cm³/mol. The molecule has 210 valence electrons. The van der Waals surface area contributed by atoms with Gasteiger partial charge in [0.1, 0.15) is 12.1 Å². The number of carbonyl (C=O) groups is 5. The van der Waals surface area contributed by atoms with Crippen LogP contribution in [-0.2, 0) is 33.4 Å². The summed E-state index contributed by atoms with van der Waals surface area (Å²) < 4.78 is 36.4. The minimum absolute atomic E-state index is 0.0429. The third-order valence-electron chi connectivity index (χ3n) is 6.02. The van der Waals surface area contributed by atoms with E-state index in [4.69, 9.17) is 9.47 Å². The van der Waals surface area contributed by atoms with Crippen molar-refractivity contribution in [1.29, 1.82) is 0 Å². The second-order valence-corrected chi connectivity index (χ2v) is 9.29. The molecule has 0 saturated heterocycles. The SMILES string of the molecule is CCOC(=O)CC[C@@H](NC(=O)[C@@H](NC(=O)CNC(=O)C1CC1c1ccc(F)c(F)c1)C(C)C)C(=O)OCC. The Morgan fingerprint density at radius 1 is 1.00 bits per heavy atom. The molecule has 2 unspecified atom stereocenters. The molecule has 0 aliphatic heterocycles. The van der Waals surface area contributed by atoms with Crippen molar-refractivity contribution in [1.82, 2.24) is 16.0 Å². The lowest BCUT2D eigenvalue weighted by atomic mass is 10.0. The Balaban J connectivity index is 1.90. The summed E-state index contributed by atoms with van der Waals surface area (Å²) in [7, 11) is 0. The van der Waals surface area contributed by atoms with Crippen LogP contribution in [0.25, 0.3) is 0 Å². The molecule has 0 heterocycles. The Morgan fingerprint density at radius 3 is 2.29 bits per heavy atom. The predicted octanol–water partition coefficient (Wildman–Crippen LogP) is 1.72. The second-order valence-electron chi connectivity index (χ2n) is 9.29. The van der Waals surface area contributed by atoms with Crippen molar-refractivity contribution in [3.8, 4) is 0 Å². The summed E-state index contributed by atoms with van der Waals surface area (Å²) in [6, 6.07) is 1.33. The highest BCUT2D eigenvalue weighted by atomic mass is 19.2. The zero-order valence-corrected chi connectivity index (χ0v) is 22.0. The van der Waals surface area contributed by atoms with Crippen LogP contribution in [0.5, 0.6) is 0 Å². The van der Waals surface area contributed by atoms with Gasteiger partial charge in [0.2, 0.25) is 17.7 Å². The molecule has 0 bridgehead atoms. The Kier molecular flexibility index (Phi) is 11.6. The zero-order valence-electron chi connectivity index (χ0n) is 22.0. The summed E-state index contributed by atoms with van der Waals surface area (Å²) in [6.45, 7) is 6.49. The third kappa shape index (κ3) is 9.07. The van der Waals surface area contributed by atoms with Crippen molar-refractivity contribution < 1.29 is 42.2 Å². The Hall–Kier alpha value is -3.57. The molecule has 4 atom stereocenters. The van der Waals surface area contributed by atoms with Crippen LogP contribution in [0, 0.1) is 23.5 Å². The molecule has 38 heavy (non-hydrogen) atoms. The highest BCUT2D eigenvalue weighted by molar-refractivity contribution is 5.93. The fourth-order valence-corrected chi connectivity index (χ4v) is 3.90. The molecule has 3 N–H and O–H groups in total. The molecule has 1 aliphatic rings. The highest BCUT2D eigenvalue weighted by Gasteiger charge is 2.44. The molecule has 1 aromatic carbocycles. The number of amides is 3. The number of carbonyl (C=O) groups excluding carboxylic acids is 5. The highest BCUT2D eigenvalue weighted by Crippen LogP contribution is 2.47. The smallest absolute Gasteiger partial charge is 0.328 e. The monoisotopic (exact) mass is 539 g/mol. The van der Waals surface area contributed by atoms with E-state index in [2.05, 4.69) is 16.0 Å². The molecule has 1 aromatic rings. The second kappa shape index (κ2) is 14.4. The molecule has 1 aliphatic carbocycles. The first-order valence-corrected chi connectivity index (χ1v) is 12.6. The van der Waals surface area contributed by atoms with Gasteiger partial charge in [-0.1, -0.05) is 19.9 Å². The summed E-state index contributed by atoms with van der Waals surface area (Å²) in [4.78, 5) is 61.9. The first-order chi connectivity index (χ1) is 18.0.